The molecule has 0 spiro atoms. The summed E-state index contributed by atoms with van der Waals surface area (Å²) in [7, 11) is -4.39. The summed E-state index contributed by atoms with van der Waals surface area (Å²) in [5.74, 6) is 0.167. The maximum Gasteiger partial charge on any atom is 1.00 e. The Bertz CT molecular complexity index is 292. The molecule has 0 radical (unpaired) electrons. The van der Waals surface area contributed by atoms with E-state index in [0.29, 0.717) is 0 Å². The summed E-state index contributed by atoms with van der Waals surface area (Å²) < 4.78 is 14.5. The molecule has 4 nitrogen and oxygen atoms in total. The summed E-state index contributed by atoms with van der Waals surface area (Å²) >= 11 is 0. The Labute approximate surface area is 183 Å². The molecule has 0 fully saturated rings. The van der Waals surface area contributed by atoms with Gasteiger partial charge in [-0.1, -0.05) is 18.2 Å². The van der Waals surface area contributed by atoms with Crippen molar-refractivity contribution in [3.05, 3.63) is 30.3 Å². The van der Waals surface area contributed by atoms with Crippen LogP contribution in [0, 0.1) is 0 Å². The van der Waals surface area contributed by atoms with Gasteiger partial charge in [0, 0.05) is 0 Å². The molecule has 0 saturated heterocycles. The molecule has 1 aromatic carbocycles. The molecular formula is C6H11Na4O4P. The summed E-state index contributed by atoms with van der Waals surface area (Å²) in [6, 6.07) is 7.93. The van der Waals surface area contributed by atoms with Gasteiger partial charge in [0.2, 0.25) is 0 Å². The molecule has 0 aliphatic rings. The molecule has 9 heteroatoms. The molecule has 1 aromatic rings. The van der Waals surface area contributed by atoms with E-state index >= 15 is 0 Å². The molecule has 1 rings (SSSR count). The van der Waals surface area contributed by atoms with Crippen LogP contribution in [0.15, 0.2) is 30.3 Å². The van der Waals surface area contributed by atoms with Crippen LogP contribution in [0.5, 0.6) is 5.75 Å². The van der Waals surface area contributed by atoms with Crippen LogP contribution in [-0.4, -0.2) is 9.79 Å². The number of phosphoric acid groups is 1. The standard InChI is InChI=1S/C6H7O4P.4Na.4H/c7-11(8,9)10-6-4-2-1-3-5-6;;;;;;;;/h1-5H,(H2,7,8,9);;;;;;;;/q;4*+1;4*-1. The Hall–Kier alpha value is 3.17. The SMILES string of the molecule is O=P(O)(O)Oc1ccccc1.[H-].[H-].[H-].[H-].[Na+].[Na+].[Na+].[Na+]. The van der Waals surface area contributed by atoms with Crippen LogP contribution in [0.25, 0.3) is 0 Å². The molecule has 0 unspecified atom stereocenters. The molecule has 15 heavy (non-hydrogen) atoms. The van der Waals surface area contributed by atoms with Gasteiger partial charge in [-0.25, -0.2) is 4.57 Å². The van der Waals surface area contributed by atoms with E-state index < -0.39 is 7.82 Å². The average molecular weight is 270 g/mol. The molecule has 0 heterocycles. The zero-order valence-corrected chi connectivity index (χ0v) is 18.4. The number of hydrogen-bond acceptors (Lipinski definition) is 2. The van der Waals surface area contributed by atoms with E-state index in [4.69, 9.17) is 9.79 Å². The van der Waals surface area contributed by atoms with Gasteiger partial charge in [0.05, 0.1) is 0 Å². The third-order valence-electron chi connectivity index (χ3n) is 0.968. The average Bonchev–Trinajstić information content (AvgIpc) is 1.85. The zero-order chi connectivity index (χ0) is 8.32. The van der Waals surface area contributed by atoms with Crippen molar-refractivity contribution in [3.8, 4) is 5.75 Å². The van der Waals surface area contributed by atoms with Crippen molar-refractivity contribution in [1.82, 2.24) is 0 Å². The number of para-hydroxylation sites is 1. The van der Waals surface area contributed by atoms with Crippen LogP contribution < -0.4 is 123 Å². The van der Waals surface area contributed by atoms with E-state index in [2.05, 4.69) is 4.52 Å². The minimum atomic E-state index is -4.39. The van der Waals surface area contributed by atoms with Gasteiger partial charge in [-0.2, -0.15) is 0 Å². The van der Waals surface area contributed by atoms with Crippen LogP contribution in [-0.2, 0) is 4.57 Å². The van der Waals surface area contributed by atoms with Crippen molar-refractivity contribution in [3.63, 3.8) is 0 Å². The summed E-state index contributed by atoms with van der Waals surface area (Å²) in [4.78, 5) is 16.7. The number of hydrogen-bond donors (Lipinski definition) is 2. The molecule has 0 aliphatic heterocycles. The van der Waals surface area contributed by atoms with Crippen molar-refractivity contribution >= 4 is 7.82 Å². The third-order valence-corrected chi connectivity index (χ3v) is 1.42. The van der Waals surface area contributed by atoms with Crippen molar-refractivity contribution in [2.24, 2.45) is 0 Å². The second-order valence-electron chi connectivity index (χ2n) is 1.89. The van der Waals surface area contributed by atoms with Gasteiger partial charge in [-0.05, 0) is 12.1 Å². The topological polar surface area (TPSA) is 66.8 Å². The second kappa shape index (κ2) is 13.6. The first-order chi connectivity index (χ1) is 5.08. The van der Waals surface area contributed by atoms with Gasteiger partial charge in [-0.3, -0.25) is 9.79 Å². The summed E-state index contributed by atoms with van der Waals surface area (Å²) in [5.41, 5.74) is 0. The Balaban J connectivity index is -0.0000000252. The minimum Gasteiger partial charge on any atom is -1.00 e. The second-order valence-corrected chi connectivity index (χ2v) is 3.06. The van der Waals surface area contributed by atoms with Crippen LogP contribution in [0.4, 0.5) is 0 Å². The van der Waals surface area contributed by atoms with Crippen molar-refractivity contribution < 1.29 is 143 Å². The minimum absolute atomic E-state index is 0. The van der Waals surface area contributed by atoms with Gasteiger partial charge < -0.3 is 10.2 Å². The number of benzene rings is 1. The fourth-order valence-corrected chi connectivity index (χ4v) is 1.02. The largest absolute Gasteiger partial charge is 1.00 e. The Morgan fingerprint density at radius 3 is 1.73 bits per heavy atom. The normalized spacial score (nSPS) is 8.13. The van der Waals surface area contributed by atoms with Gasteiger partial charge in [0.25, 0.3) is 0 Å². The summed E-state index contributed by atoms with van der Waals surface area (Å²) in [6.07, 6.45) is 0. The fourth-order valence-electron chi connectivity index (χ4n) is 0.619. The molecule has 0 amide bonds. The first-order valence-electron chi connectivity index (χ1n) is 2.88. The van der Waals surface area contributed by atoms with E-state index in [-0.39, 0.29) is 130 Å². The molecule has 0 aromatic heterocycles. The van der Waals surface area contributed by atoms with E-state index in [1.54, 1.807) is 18.2 Å². The van der Waals surface area contributed by atoms with E-state index in [1.165, 1.54) is 12.1 Å². The summed E-state index contributed by atoms with van der Waals surface area (Å²) in [5, 5.41) is 0. The molecule has 0 bridgehead atoms. The molecule has 0 atom stereocenters. The third kappa shape index (κ3) is 15.1. The molecule has 0 saturated carbocycles. The zero-order valence-electron chi connectivity index (χ0n) is 13.5. The fraction of sp³-hybridized carbons (Fsp3) is 0. The maximum atomic E-state index is 10.3. The van der Waals surface area contributed by atoms with Gasteiger partial charge in [0.1, 0.15) is 5.75 Å². The molecule has 0 aliphatic carbocycles. The predicted molar refractivity (Wildman–Crippen MR) is 43.6 cm³/mol. The Morgan fingerprint density at radius 2 is 1.40 bits per heavy atom. The van der Waals surface area contributed by atoms with E-state index in [0.717, 1.165) is 0 Å². The van der Waals surface area contributed by atoms with Crippen molar-refractivity contribution in [2.75, 3.05) is 0 Å². The molecule has 2 N–H and O–H groups in total. The predicted octanol–water partition coefficient (Wildman–Crippen LogP) is -10.4. The maximum absolute atomic E-state index is 10.3. The van der Waals surface area contributed by atoms with Crippen LogP contribution in [0.2, 0.25) is 0 Å². The molecular weight excluding hydrogens is 259 g/mol. The monoisotopic (exact) mass is 270 g/mol. The Morgan fingerprint density at radius 1 is 1.00 bits per heavy atom. The van der Waals surface area contributed by atoms with Crippen LogP contribution in [0.3, 0.4) is 0 Å². The van der Waals surface area contributed by atoms with Crippen LogP contribution >= 0.6 is 7.82 Å². The quantitative estimate of drug-likeness (QED) is 0.414. The first-order valence-corrected chi connectivity index (χ1v) is 4.41. The first kappa shape index (κ1) is 26.7. The van der Waals surface area contributed by atoms with Gasteiger partial charge >= 0.3 is 126 Å². The van der Waals surface area contributed by atoms with Gasteiger partial charge in [-0.15, -0.1) is 0 Å². The summed E-state index contributed by atoms with van der Waals surface area (Å²) in [6.45, 7) is 0. The Kier molecular flexibility index (Phi) is 24.2. The van der Waals surface area contributed by atoms with E-state index in [1.807, 2.05) is 0 Å². The number of phosphoric ester groups is 1. The molecule has 68 valence electrons. The van der Waals surface area contributed by atoms with Crippen LogP contribution in [0.1, 0.15) is 5.71 Å². The van der Waals surface area contributed by atoms with E-state index in [9.17, 15) is 4.57 Å². The van der Waals surface area contributed by atoms with Crippen molar-refractivity contribution in [1.29, 1.82) is 0 Å². The van der Waals surface area contributed by atoms with Gasteiger partial charge in [0.15, 0.2) is 0 Å². The number of rotatable bonds is 2. The van der Waals surface area contributed by atoms with Crippen molar-refractivity contribution in [2.45, 2.75) is 0 Å². The smallest absolute Gasteiger partial charge is 1.00 e.